The number of rotatable bonds is 2. The van der Waals surface area contributed by atoms with Crippen molar-refractivity contribution in [2.75, 3.05) is 12.3 Å². The van der Waals surface area contributed by atoms with E-state index in [2.05, 4.69) is 4.98 Å². The molecule has 20 heavy (non-hydrogen) atoms. The van der Waals surface area contributed by atoms with Crippen molar-refractivity contribution in [2.45, 2.75) is 34.4 Å². The molecule has 1 aromatic heterocycles. The van der Waals surface area contributed by atoms with Gasteiger partial charge in [0, 0.05) is 0 Å². The van der Waals surface area contributed by atoms with Crippen LogP contribution in [-0.4, -0.2) is 58.8 Å². The molecule has 3 heterocycles. The molecule has 2 aliphatic rings. The van der Waals surface area contributed by atoms with Crippen LogP contribution in [0.3, 0.4) is 0 Å². The van der Waals surface area contributed by atoms with Crippen molar-refractivity contribution in [2.24, 2.45) is 0 Å². The van der Waals surface area contributed by atoms with Crippen LogP contribution in [0.15, 0.2) is 17.1 Å². The van der Waals surface area contributed by atoms with Gasteiger partial charge in [0.25, 0.3) is 0 Å². The summed E-state index contributed by atoms with van der Waals surface area (Å²) in [5.41, 5.74) is 4.97. The van der Waals surface area contributed by atoms with Crippen molar-refractivity contribution >= 4 is 25.0 Å². The Bertz CT molecular complexity index is 577. The Morgan fingerprint density at radius 3 is 2.80 bits per heavy atom. The summed E-state index contributed by atoms with van der Waals surface area (Å²) in [6, 6.07) is 1.52. The van der Waals surface area contributed by atoms with Gasteiger partial charge >= 0.3 is 120 Å². The minimum atomic E-state index is -3.00. The van der Waals surface area contributed by atoms with Crippen LogP contribution in [0.5, 0.6) is 0 Å². The molecule has 0 amide bonds. The van der Waals surface area contributed by atoms with Crippen LogP contribution in [-0.2, 0) is 10.9 Å². The van der Waals surface area contributed by atoms with E-state index in [0.717, 1.165) is 0 Å². The molecular formula is C11H17N3O5Sn. The normalized spacial score (nSPS) is 35.1. The molecule has 3 N–H and O–H groups in total. The maximum atomic E-state index is 11.9. The van der Waals surface area contributed by atoms with E-state index in [9.17, 15) is 9.90 Å². The Kier molecular flexibility index (Phi) is 3.53. The van der Waals surface area contributed by atoms with Crippen LogP contribution < -0.4 is 11.4 Å². The van der Waals surface area contributed by atoms with Gasteiger partial charge in [0.1, 0.15) is 0 Å². The van der Waals surface area contributed by atoms with Gasteiger partial charge in [-0.3, -0.25) is 0 Å². The summed E-state index contributed by atoms with van der Waals surface area (Å²) in [6.07, 6.45) is -0.332. The summed E-state index contributed by atoms with van der Waals surface area (Å²) in [4.78, 5) is 19.6. The first-order valence-electron chi connectivity index (χ1n) is 6.38. The third-order valence-electron chi connectivity index (χ3n) is 3.43. The van der Waals surface area contributed by atoms with Gasteiger partial charge in [-0.05, 0) is 0 Å². The monoisotopic (exact) mass is 391 g/mol. The number of hydrogen-bond acceptors (Lipinski definition) is 7. The zero-order valence-electron chi connectivity index (χ0n) is 11.2. The average molecular weight is 390 g/mol. The predicted molar refractivity (Wildman–Crippen MR) is 71.1 cm³/mol. The first-order valence-corrected chi connectivity index (χ1v) is 14.4. The van der Waals surface area contributed by atoms with Gasteiger partial charge in [0.2, 0.25) is 0 Å². The molecule has 0 bridgehead atoms. The van der Waals surface area contributed by atoms with Crippen LogP contribution >= 0.6 is 0 Å². The summed E-state index contributed by atoms with van der Waals surface area (Å²) < 4.78 is 19.0. The number of aliphatic hydroxyl groups excluding tert-OH is 1. The maximum absolute atomic E-state index is 11.9. The van der Waals surface area contributed by atoms with Crippen molar-refractivity contribution in [3.8, 4) is 0 Å². The number of aromatic nitrogens is 2. The van der Waals surface area contributed by atoms with Crippen molar-refractivity contribution in [3.63, 3.8) is 0 Å². The molecule has 0 aliphatic carbocycles. The fraction of sp³-hybridized carbons (Fsp3) is 0.636. The summed E-state index contributed by atoms with van der Waals surface area (Å²) in [6.45, 7) is -0.180. The second-order valence-electron chi connectivity index (χ2n) is 5.35. The number of ether oxygens (including phenoxy) is 1. The topological polar surface area (TPSA) is 109 Å². The molecule has 2 saturated heterocycles. The third kappa shape index (κ3) is 2.35. The van der Waals surface area contributed by atoms with Crippen molar-refractivity contribution in [1.29, 1.82) is 0 Å². The fourth-order valence-electron chi connectivity index (χ4n) is 2.65. The minimum absolute atomic E-state index is 0.155. The van der Waals surface area contributed by atoms with E-state index >= 15 is 0 Å². The number of aliphatic hydroxyl groups is 1. The van der Waals surface area contributed by atoms with Crippen LogP contribution in [0.2, 0.25) is 9.88 Å². The second kappa shape index (κ2) is 4.95. The van der Waals surface area contributed by atoms with Gasteiger partial charge < -0.3 is 0 Å². The molecule has 4 atom stereocenters. The Morgan fingerprint density at radius 1 is 1.45 bits per heavy atom. The van der Waals surface area contributed by atoms with Crippen molar-refractivity contribution in [1.82, 2.24) is 9.55 Å². The summed E-state index contributed by atoms with van der Waals surface area (Å²) in [5, 5.41) is 9.40. The summed E-state index contributed by atoms with van der Waals surface area (Å²) >= 11 is -3.00. The van der Waals surface area contributed by atoms with Gasteiger partial charge in [0.05, 0.1) is 0 Å². The molecule has 0 saturated carbocycles. The van der Waals surface area contributed by atoms with E-state index < -0.39 is 37.2 Å². The molecular weight excluding hydrogens is 373 g/mol. The van der Waals surface area contributed by atoms with E-state index in [1.54, 1.807) is 0 Å². The van der Waals surface area contributed by atoms with E-state index in [4.69, 9.17) is 16.6 Å². The fourth-order valence-corrected chi connectivity index (χ4v) is 8.08. The molecule has 9 heteroatoms. The van der Waals surface area contributed by atoms with E-state index in [-0.39, 0.29) is 24.6 Å². The van der Waals surface area contributed by atoms with Crippen LogP contribution in [0.25, 0.3) is 0 Å². The van der Waals surface area contributed by atoms with Gasteiger partial charge in [-0.2, -0.15) is 0 Å². The Balaban J connectivity index is 1.96. The number of anilines is 1. The van der Waals surface area contributed by atoms with Gasteiger partial charge in [-0.1, -0.05) is 0 Å². The molecule has 8 nitrogen and oxygen atoms in total. The standard InChI is InChI=1S/C9H11N3O5.2CH3.Sn/c10-5-1-2-12(9(16)11-5)8-7(15)6(14)4(3-13)17-8;;;/h1-2,4,6-8,13H,3H2,(H2,10,11,16);2*1H3;/q-2;;;+2. The molecule has 0 radical (unpaired) electrons. The number of nitrogens with two attached hydrogens (primary N) is 1. The van der Waals surface area contributed by atoms with Crippen LogP contribution in [0.4, 0.5) is 5.82 Å². The van der Waals surface area contributed by atoms with Crippen LogP contribution in [0.1, 0.15) is 6.23 Å². The van der Waals surface area contributed by atoms with Gasteiger partial charge in [0.15, 0.2) is 0 Å². The molecule has 0 spiro atoms. The number of fused-ring (bicyclic) bond motifs is 1. The Labute approximate surface area is 120 Å². The Hall–Kier alpha value is -0.681. The van der Waals surface area contributed by atoms with E-state index in [1.165, 1.54) is 16.8 Å². The molecule has 0 aromatic carbocycles. The van der Waals surface area contributed by atoms with Gasteiger partial charge in [-0.15, -0.1) is 0 Å². The number of nitrogens with zero attached hydrogens (tertiary/aromatic N) is 2. The molecule has 2 aliphatic heterocycles. The molecule has 3 rings (SSSR count). The van der Waals surface area contributed by atoms with Crippen molar-refractivity contribution in [3.05, 3.63) is 22.7 Å². The second-order valence-corrected chi connectivity index (χ2v) is 14.7. The first-order chi connectivity index (χ1) is 9.41. The zero-order valence-corrected chi connectivity index (χ0v) is 14.1. The number of nitrogen functional groups attached to an aromatic ring is 1. The van der Waals surface area contributed by atoms with Crippen molar-refractivity contribution < 1.29 is 16.0 Å². The number of hydrogen-bond donors (Lipinski definition) is 2. The van der Waals surface area contributed by atoms with E-state index in [1.807, 2.05) is 9.88 Å². The predicted octanol–water partition coefficient (Wildman–Crippen LogP) is -0.799. The first kappa shape index (κ1) is 14.3. The third-order valence-corrected chi connectivity index (χ3v) is 8.22. The van der Waals surface area contributed by atoms with Gasteiger partial charge in [-0.25, -0.2) is 0 Å². The summed E-state index contributed by atoms with van der Waals surface area (Å²) in [5.74, 6) is 0.155. The average Bonchev–Trinajstić information content (AvgIpc) is 2.83. The molecule has 4 unspecified atom stereocenters. The summed E-state index contributed by atoms with van der Waals surface area (Å²) in [7, 11) is 0. The van der Waals surface area contributed by atoms with E-state index in [0.29, 0.717) is 0 Å². The molecule has 1 aromatic rings. The Morgan fingerprint density at radius 2 is 2.15 bits per heavy atom. The van der Waals surface area contributed by atoms with Crippen LogP contribution in [0, 0.1) is 0 Å². The quantitative estimate of drug-likeness (QED) is 0.637. The SMILES string of the molecule is [CH3][Sn]1([CH3])[O]C2C(CO)OC(n3ccc(N)nc3=O)C2[O]1. The molecule has 110 valence electrons. The molecule has 2 fully saturated rings. The zero-order chi connectivity index (χ0) is 14.5.